The molecule has 1 atom stereocenters. The van der Waals surface area contributed by atoms with Gasteiger partial charge in [0.05, 0.1) is 0 Å². The van der Waals surface area contributed by atoms with E-state index in [9.17, 15) is 4.79 Å². The van der Waals surface area contributed by atoms with Crippen LogP contribution in [0.2, 0.25) is 0 Å². The summed E-state index contributed by atoms with van der Waals surface area (Å²) in [5.41, 5.74) is 2.52. The standard InChI is InChI=1S/C17H26O/c1-5-6-7-17(18)14(4)16-10-8-15(9-11-16)12-13(2)3/h8-11,13-14H,5-7,12H2,1-4H3. The number of unbranched alkanes of at least 4 members (excludes halogenated alkanes) is 1. The van der Waals surface area contributed by atoms with Crippen LogP contribution in [0, 0.1) is 5.92 Å². The first-order chi connectivity index (χ1) is 8.54. The lowest BCUT2D eigenvalue weighted by atomic mass is 9.92. The van der Waals surface area contributed by atoms with Crippen LogP contribution in [0.5, 0.6) is 0 Å². The summed E-state index contributed by atoms with van der Waals surface area (Å²) in [5, 5.41) is 0. The molecule has 0 heterocycles. The van der Waals surface area contributed by atoms with E-state index in [2.05, 4.69) is 45.0 Å². The van der Waals surface area contributed by atoms with Gasteiger partial charge in [0.1, 0.15) is 5.78 Å². The van der Waals surface area contributed by atoms with Crippen LogP contribution in [-0.2, 0) is 11.2 Å². The monoisotopic (exact) mass is 246 g/mol. The molecule has 1 nitrogen and oxygen atoms in total. The van der Waals surface area contributed by atoms with Crippen LogP contribution in [0.25, 0.3) is 0 Å². The van der Waals surface area contributed by atoms with Gasteiger partial charge in [0.15, 0.2) is 0 Å². The Kier molecular flexibility index (Phi) is 6.11. The molecule has 0 aliphatic heterocycles. The van der Waals surface area contributed by atoms with Crippen molar-refractivity contribution in [3.05, 3.63) is 35.4 Å². The summed E-state index contributed by atoms with van der Waals surface area (Å²) in [7, 11) is 0. The number of hydrogen-bond donors (Lipinski definition) is 0. The van der Waals surface area contributed by atoms with E-state index in [1.165, 1.54) is 5.56 Å². The van der Waals surface area contributed by atoms with Crippen LogP contribution < -0.4 is 0 Å². The lowest BCUT2D eigenvalue weighted by molar-refractivity contribution is -0.120. The van der Waals surface area contributed by atoms with Crippen LogP contribution in [0.4, 0.5) is 0 Å². The van der Waals surface area contributed by atoms with Crippen molar-refractivity contribution in [3.8, 4) is 0 Å². The summed E-state index contributed by atoms with van der Waals surface area (Å²) in [4.78, 5) is 12.0. The van der Waals surface area contributed by atoms with Crippen molar-refractivity contribution in [1.29, 1.82) is 0 Å². The molecule has 1 heteroatoms. The molecule has 18 heavy (non-hydrogen) atoms. The summed E-state index contributed by atoms with van der Waals surface area (Å²) in [6.45, 7) is 8.60. The fraction of sp³-hybridized carbons (Fsp3) is 0.588. The molecular weight excluding hydrogens is 220 g/mol. The van der Waals surface area contributed by atoms with Gasteiger partial charge in [-0.1, -0.05) is 58.4 Å². The lowest BCUT2D eigenvalue weighted by Crippen LogP contribution is -2.09. The minimum Gasteiger partial charge on any atom is -0.299 e. The maximum Gasteiger partial charge on any atom is 0.140 e. The molecule has 0 fully saturated rings. The van der Waals surface area contributed by atoms with Gasteiger partial charge >= 0.3 is 0 Å². The second-order valence-corrected chi connectivity index (χ2v) is 5.63. The Morgan fingerprint density at radius 2 is 1.72 bits per heavy atom. The van der Waals surface area contributed by atoms with Gasteiger partial charge in [0.25, 0.3) is 0 Å². The topological polar surface area (TPSA) is 17.1 Å². The van der Waals surface area contributed by atoms with Gasteiger partial charge in [-0.25, -0.2) is 0 Å². The normalized spacial score (nSPS) is 12.7. The predicted molar refractivity (Wildman–Crippen MR) is 77.9 cm³/mol. The Morgan fingerprint density at radius 3 is 2.22 bits per heavy atom. The van der Waals surface area contributed by atoms with Gasteiger partial charge in [-0.2, -0.15) is 0 Å². The van der Waals surface area contributed by atoms with Crippen molar-refractivity contribution < 1.29 is 4.79 Å². The second kappa shape index (κ2) is 7.35. The van der Waals surface area contributed by atoms with E-state index in [1.54, 1.807) is 0 Å². The molecule has 0 aliphatic rings. The van der Waals surface area contributed by atoms with Crippen molar-refractivity contribution in [3.63, 3.8) is 0 Å². The smallest absolute Gasteiger partial charge is 0.140 e. The quantitative estimate of drug-likeness (QED) is 0.678. The summed E-state index contributed by atoms with van der Waals surface area (Å²) < 4.78 is 0. The van der Waals surface area contributed by atoms with Crippen LogP contribution in [0.15, 0.2) is 24.3 Å². The number of carbonyl (C=O) groups is 1. The van der Waals surface area contributed by atoms with E-state index >= 15 is 0 Å². The van der Waals surface area contributed by atoms with Gasteiger partial charge in [-0.05, 0) is 29.9 Å². The average Bonchev–Trinajstić information content (AvgIpc) is 2.35. The molecule has 0 saturated heterocycles. The minimum atomic E-state index is 0.0460. The van der Waals surface area contributed by atoms with Crippen molar-refractivity contribution in [2.45, 2.75) is 59.3 Å². The maximum atomic E-state index is 12.0. The van der Waals surface area contributed by atoms with Gasteiger partial charge in [0, 0.05) is 12.3 Å². The zero-order chi connectivity index (χ0) is 13.5. The van der Waals surface area contributed by atoms with Crippen LogP contribution >= 0.6 is 0 Å². The molecule has 0 N–H and O–H groups in total. The molecule has 1 unspecified atom stereocenters. The highest BCUT2D eigenvalue weighted by atomic mass is 16.1. The molecule has 0 saturated carbocycles. The number of carbonyl (C=O) groups excluding carboxylic acids is 1. The molecule has 1 aromatic rings. The Labute approximate surface area is 112 Å². The number of Topliss-reactive ketones (excluding diaryl/α,β-unsaturated/α-hetero) is 1. The van der Waals surface area contributed by atoms with Gasteiger partial charge < -0.3 is 0 Å². The SMILES string of the molecule is CCCCC(=O)C(C)c1ccc(CC(C)C)cc1. The summed E-state index contributed by atoms with van der Waals surface area (Å²) in [6.07, 6.45) is 3.92. The van der Waals surface area contributed by atoms with Crippen molar-refractivity contribution in [2.24, 2.45) is 5.92 Å². The molecule has 1 aromatic carbocycles. The molecule has 0 radical (unpaired) electrons. The highest BCUT2D eigenvalue weighted by Crippen LogP contribution is 2.20. The Morgan fingerprint density at radius 1 is 1.11 bits per heavy atom. The summed E-state index contributed by atoms with van der Waals surface area (Å²) >= 11 is 0. The maximum absolute atomic E-state index is 12.0. The zero-order valence-corrected chi connectivity index (χ0v) is 12.2. The van der Waals surface area contributed by atoms with Crippen molar-refractivity contribution >= 4 is 5.78 Å². The molecule has 0 amide bonds. The molecule has 1 rings (SSSR count). The van der Waals surface area contributed by atoms with Crippen molar-refractivity contribution in [2.75, 3.05) is 0 Å². The average molecular weight is 246 g/mol. The fourth-order valence-corrected chi connectivity index (χ4v) is 2.17. The molecule has 0 spiro atoms. The van der Waals surface area contributed by atoms with E-state index in [-0.39, 0.29) is 5.92 Å². The van der Waals surface area contributed by atoms with Gasteiger partial charge in [0.2, 0.25) is 0 Å². The minimum absolute atomic E-state index is 0.0460. The number of rotatable bonds is 7. The van der Waals surface area contributed by atoms with E-state index in [0.717, 1.165) is 24.8 Å². The fourth-order valence-electron chi connectivity index (χ4n) is 2.17. The third-order valence-corrected chi connectivity index (χ3v) is 3.38. The van der Waals surface area contributed by atoms with E-state index in [1.807, 2.05) is 6.92 Å². The second-order valence-electron chi connectivity index (χ2n) is 5.63. The van der Waals surface area contributed by atoms with Crippen LogP contribution in [0.3, 0.4) is 0 Å². The summed E-state index contributed by atoms with van der Waals surface area (Å²) in [6, 6.07) is 8.57. The number of ketones is 1. The van der Waals surface area contributed by atoms with E-state index in [0.29, 0.717) is 18.1 Å². The van der Waals surface area contributed by atoms with Crippen LogP contribution in [-0.4, -0.2) is 5.78 Å². The highest BCUT2D eigenvalue weighted by Gasteiger charge is 2.14. The number of hydrogen-bond acceptors (Lipinski definition) is 1. The van der Waals surface area contributed by atoms with Crippen molar-refractivity contribution in [1.82, 2.24) is 0 Å². The van der Waals surface area contributed by atoms with E-state index < -0.39 is 0 Å². The third kappa shape index (κ3) is 4.64. The molecule has 0 aromatic heterocycles. The largest absolute Gasteiger partial charge is 0.299 e. The van der Waals surface area contributed by atoms with Gasteiger partial charge in [-0.3, -0.25) is 4.79 Å². The Bertz CT molecular complexity index is 362. The Balaban J connectivity index is 2.63. The molecule has 100 valence electrons. The van der Waals surface area contributed by atoms with E-state index in [4.69, 9.17) is 0 Å². The number of benzene rings is 1. The van der Waals surface area contributed by atoms with Gasteiger partial charge in [-0.15, -0.1) is 0 Å². The summed E-state index contributed by atoms with van der Waals surface area (Å²) in [5.74, 6) is 1.09. The molecular formula is C17H26O. The lowest BCUT2D eigenvalue weighted by Gasteiger charge is -2.12. The first kappa shape index (κ1) is 14.9. The first-order valence-electron chi connectivity index (χ1n) is 7.16. The zero-order valence-electron chi connectivity index (χ0n) is 12.2. The van der Waals surface area contributed by atoms with Crippen LogP contribution in [0.1, 0.15) is 64.0 Å². The third-order valence-electron chi connectivity index (χ3n) is 3.38. The molecule has 0 aliphatic carbocycles. The first-order valence-corrected chi connectivity index (χ1v) is 7.16. The molecule has 0 bridgehead atoms. The highest BCUT2D eigenvalue weighted by molar-refractivity contribution is 5.85. The predicted octanol–water partition coefficient (Wildman–Crippen LogP) is 4.75. The Hall–Kier alpha value is -1.11.